The quantitative estimate of drug-likeness (QED) is 0.584. The predicted molar refractivity (Wildman–Crippen MR) is 37.0 cm³/mol. The lowest BCUT2D eigenvalue weighted by molar-refractivity contribution is -0.143. The van der Waals surface area contributed by atoms with E-state index in [1.165, 1.54) is 0 Å². The number of H-pyrrole nitrogens is 1. The van der Waals surface area contributed by atoms with Gasteiger partial charge in [0.05, 0.1) is 5.56 Å². The van der Waals surface area contributed by atoms with Gasteiger partial charge in [-0.25, -0.2) is 8.78 Å². The summed E-state index contributed by atoms with van der Waals surface area (Å²) in [5.74, 6) is -1.61. The molecule has 0 radical (unpaired) electrons. The molecule has 1 N–H and O–H groups in total. The Hall–Kier alpha value is -1.47. The van der Waals surface area contributed by atoms with Gasteiger partial charge in [-0.05, 0) is 0 Å². The summed E-state index contributed by atoms with van der Waals surface area (Å²) in [6.45, 7) is 0. The fraction of sp³-hybridized carbons (Fsp3) is 0.286. The van der Waals surface area contributed by atoms with Gasteiger partial charge in [0.15, 0.2) is 11.4 Å². The van der Waals surface area contributed by atoms with Crippen molar-refractivity contribution in [1.82, 2.24) is 4.98 Å². The maximum Gasteiger partial charge on any atom is 0.431 e. The van der Waals surface area contributed by atoms with Gasteiger partial charge in [-0.15, -0.1) is 0 Å². The zero-order valence-corrected chi connectivity index (χ0v) is 6.83. The van der Waals surface area contributed by atoms with Crippen LogP contribution in [0.25, 0.3) is 0 Å². The summed E-state index contributed by atoms with van der Waals surface area (Å²) >= 11 is 0. The smallest absolute Gasteiger partial charge is 0.327 e. The lowest BCUT2D eigenvalue weighted by atomic mass is 10.2. The van der Waals surface area contributed by atoms with Gasteiger partial charge in [-0.2, -0.15) is 17.6 Å². The average Bonchev–Trinajstić information content (AvgIpc) is 1.99. The van der Waals surface area contributed by atoms with E-state index in [0.29, 0.717) is 0 Å². The molecule has 0 spiro atoms. The number of hydrogen-bond acceptors (Lipinski definition) is 1. The number of pyridine rings is 1. The van der Waals surface area contributed by atoms with Crippen LogP contribution in [0.1, 0.15) is 17.7 Å². The van der Waals surface area contributed by atoms with Crippen molar-refractivity contribution in [3.8, 4) is 0 Å². The lowest BCUT2D eigenvalue weighted by Gasteiger charge is -2.11. The molecule has 0 aliphatic rings. The molecule has 0 saturated heterocycles. The first-order valence-electron chi connectivity index (χ1n) is 3.51. The summed E-state index contributed by atoms with van der Waals surface area (Å²) in [4.78, 5) is 11.8. The van der Waals surface area contributed by atoms with Crippen molar-refractivity contribution < 1.29 is 26.3 Å². The minimum atomic E-state index is -5.23. The minimum absolute atomic E-state index is 0.0384. The van der Waals surface area contributed by atoms with Crippen molar-refractivity contribution in [3.63, 3.8) is 0 Å². The molecule has 2 nitrogen and oxygen atoms in total. The zero-order valence-electron chi connectivity index (χ0n) is 6.83. The van der Waals surface area contributed by atoms with Crippen molar-refractivity contribution in [2.45, 2.75) is 12.6 Å². The molecular formula is C7H3F6NO. The highest BCUT2D eigenvalue weighted by atomic mass is 19.4. The molecular weight excluding hydrogens is 228 g/mol. The summed E-state index contributed by atoms with van der Waals surface area (Å²) < 4.78 is 72.9. The Balaban J connectivity index is 3.55. The Bertz CT molecular complexity index is 420. The molecule has 1 rings (SSSR count). The van der Waals surface area contributed by atoms with Gasteiger partial charge in [-0.3, -0.25) is 4.79 Å². The van der Waals surface area contributed by atoms with Crippen molar-refractivity contribution >= 4 is 0 Å². The lowest BCUT2D eigenvalue weighted by Crippen LogP contribution is -2.21. The van der Waals surface area contributed by atoms with Crippen LogP contribution in [0.2, 0.25) is 0 Å². The number of rotatable bonds is 1. The van der Waals surface area contributed by atoms with Gasteiger partial charge in [0, 0.05) is 6.07 Å². The molecule has 0 saturated carbocycles. The van der Waals surface area contributed by atoms with Crippen molar-refractivity contribution in [3.05, 3.63) is 33.5 Å². The number of alkyl halides is 5. The van der Waals surface area contributed by atoms with Crippen LogP contribution < -0.4 is 5.43 Å². The van der Waals surface area contributed by atoms with Gasteiger partial charge in [0.2, 0.25) is 0 Å². The zero-order chi connectivity index (χ0) is 11.8. The SMILES string of the molecule is O=c1cc(F)[nH]c(C(F)(F)F)c1C(F)F. The Morgan fingerprint density at radius 1 is 1.27 bits per heavy atom. The number of nitrogens with one attached hydrogen (secondary N) is 1. The highest BCUT2D eigenvalue weighted by Gasteiger charge is 2.38. The maximum atomic E-state index is 12.4. The largest absolute Gasteiger partial charge is 0.431 e. The molecule has 8 heteroatoms. The Labute approximate surface area is 78.5 Å². The van der Waals surface area contributed by atoms with Crippen LogP contribution >= 0.6 is 0 Å². The van der Waals surface area contributed by atoms with Crippen molar-refractivity contribution in [2.75, 3.05) is 0 Å². The van der Waals surface area contributed by atoms with Gasteiger partial charge < -0.3 is 4.98 Å². The van der Waals surface area contributed by atoms with Crippen molar-refractivity contribution in [2.24, 2.45) is 0 Å². The number of aromatic amines is 1. The summed E-state index contributed by atoms with van der Waals surface area (Å²) in [7, 11) is 0. The Morgan fingerprint density at radius 3 is 2.20 bits per heavy atom. The molecule has 0 aliphatic heterocycles. The van der Waals surface area contributed by atoms with E-state index in [4.69, 9.17) is 0 Å². The second-order valence-electron chi connectivity index (χ2n) is 2.57. The van der Waals surface area contributed by atoms with Crippen LogP contribution in [0, 0.1) is 5.95 Å². The van der Waals surface area contributed by atoms with Gasteiger partial charge in [-0.1, -0.05) is 0 Å². The van der Waals surface area contributed by atoms with E-state index in [-0.39, 0.29) is 6.07 Å². The molecule has 0 aliphatic carbocycles. The summed E-state index contributed by atoms with van der Waals surface area (Å²) in [5, 5.41) is 0. The fourth-order valence-corrected chi connectivity index (χ4v) is 0.979. The fourth-order valence-electron chi connectivity index (χ4n) is 0.979. The molecule has 0 amide bonds. The van der Waals surface area contributed by atoms with E-state index in [0.717, 1.165) is 4.98 Å². The number of halogens is 6. The number of hydrogen-bond donors (Lipinski definition) is 1. The third kappa shape index (κ3) is 2.31. The van der Waals surface area contributed by atoms with Gasteiger partial charge >= 0.3 is 6.18 Å². The maximum absolute atomic E-state index is 12.4. The highest BCUT2D eigenvalue weighted by Crippen LogP contribution is 2.32. The van der Waals surface area contributed by atoms with E-state index in [1.54, 1.807) is 0 Å². The van der Waals surface area contributed by atoms with Crippen LogP contribution in [0.4, 0.5) is 26.3 Å². The van der Waals surface area contributed by atoms with Crippen LogP contribution in [-0.2, 0) is 6.18 Å². The Kier molecular flexibility index (Phi) is 2.78. The third-order valence-electron chi connectivity index (χ3n) is 1.54. The van der Waals surface area contributed by atoms with Crippen LogP contribution in [-0.4, -0.2) is 4.98 Å². The van der Waals surface area contributed by atoms with E-state index in [1.807, 2.05) is 0 Å². The van der Waals surface area contributed by atoms with Crippen LogP contribution in [0.15, 0.2) is 10.9 Å². The molecule has 1 aromatic heterocycles. The van der Waals surface area contributed by atoms with Crippen LogP contribution in [0.5, 0.6) is 0 Å². The molecule has 0 fully saturated rings. The molecule has 0 atom stereocenters. The highest BCUT2D eigenvalue weighted by molar-refractivity contribution is 5.24. The molecule has 84 valence electrons. The van der Waals surface area contributed by atoms with E-state index in [2.05, 4.69) is 0 Å². The van der Waals surface area contributed by atoms with Gasteiger partial charge in [0.25, 0.3) is 6.43 Å². The topological polar surface area (TPSA) is 32.9 Å². The normalized spacial score (nSPS) is 12.2. The molecule has 15 heavy (non-hydrogen) atoms. The van der Waals surface area contributed by atoms with Crippen molar-refractivity contribution in [1.29, 1.82) is 0 Å². The van der Waals surface area contributed by atoms with E-state index in [9.17, 15) is 31.1 Å². The molecule has 0 bridgehead atoms. The molecule has 0 unspecified atom stereocenters. The monoisotopic (exact) mass is 231 g/mol. The number of aromatic nitrogens is 1. The summed E-state index contributed by atoms with van der Waals surface area (Å²) in [6.07, 6.45) is -8.85. The predicted octanol–water partition coefficient (Wildman–Crippen LogP) is 2.47. The summed E-state index contributed by atoms with van der Waals surface area (Å²) in [5.41, 5.74) is -5.51. The summed E-state index contributed by atoms with van der Waals surface area (Å²) in [6, 6.07) is 0.0384. The van der Waals surface area contributed by atoms with Crippen LogP contribution in [0.3, 0.4) is 0 Å². The second-order valence-corrected chi connectivity index (χ2v) is 2.57. The van der Waals surface area contributed by atoms with E-state index < -0.39 is 35.2 Å². The molecule has 0 aromatic carbocycles. The minimum Gasteiger partial charge on any atom is -0.327 e. The third-order valence-corrected chi connectivity index (χ3v) is 1.54. The molecule has 1 heterocycles. The standard InChI is InChI=1S/C7H3F6NO/c8-3-1-2(15)4(6(9)10)5(14-3)7(11,12)13/h1,6H,(H,14,15). The van der Waals surface area contributed by atoms with E-state index >= 15 is 0 Å². The molecule has 1 aromatic rings. The van der Waals surface area contributed by atoms with Gasteiger partial charge in [0.1, 0.15) is 5.69 Å². The average molecular weight is 231 g/mol. The first-order valence-corrected chi connectivity index (χ1v) is 3.51. The first-order chi connectivity index (χ1) is 6.73. The first kappa shape index (κ1) is 11.6. The second kappa shape index (κ2) is 3.59. The Morgan fingerprint density at radius 2 is 1.80 bits per heavy atom.